The van der Waals surface area contributed by atoms with Crippen LogP contribution in [0.4, 0.5) is 0 Å². The van der Waals surface area contributed by atoms with Crippen molar-refractivity contribution in [1.82, 2.24) is 15.0 Å². The molecule has 55 heavy (non-hydrogen) atoms. The summed E-state index contributed by atoms with van der Waals surface area (Å²) in [6.07, 6.45) is 0. The molecule has 0 atom stereocenters. The van der Waals surface area contributed by atoms with Crippen LogP contribution < -0.4 is 0 Å². The largest absolute Gasteiger partial charge is 0.208 e. The first-order valence-corrected chi connectivity index (χ1v) is 18.9. The second-order valence-corrected chi connectivity index (χ2v) is 14.8. The number of rotatable bonds is 6. The maximum Gasteiger partial charge on any atom is 0.164 e. The van der Waals surface area contributed by atoms with Gasteiger partial charge in [0, 0.05) is 22.1 Å². The highest BCUT2D eigenvalue weighted by molar-refractivity contribution is 6.01. The molecule has 0 unspecified atom stereocenters. The summed E-state index contributed by atoms with van der Waals surface area (Å²) in [5, 5.41) is 2.41. The third-order valence-corrected chi connectivity index (χ3v) is 11.1. The maximum atomic E-state index is 5.15. The van der Waals surface area contributed by atoms with Crippen molar-refractivity contribution in [2.75, 3.05) is 0 Å². The first kappa shape index (κ1) is 32.7. The molecular weight excluding hydrogens is 667 g/mol. The predicted octanol–water partition coefficient (Wildman–Crippen LogP) is 13.3. The van der Waals surface area contributed by atoms with E-state index in [2.05, 4.69) is 178 Å². The first-order chi connectivity index (χ1) is 27.0. The minimum atomic E-state index is -0.275. The normalized spacial score (nSPS) is 12.7. The van der Waals surface area contributed by atoms with Crippen LogP contribution in [-0.2, 0) is 5.41 Å². The lowest BCUT2D eigenvalue weighted by atomic mass is 9.76. The van der Waals surface area contributed by atoms with Crippen molar-refractivity contribution in [2.45, 2.75) is 19.3 Å². The number of nitrogens with zero attached hydrogens (tertiary/aromatic N) is 3. The summed E-state index contributed by atoms with van der Waals surface area (Å²) in [6.45, 7) is 4.76. The van der Waals surface area contributed by atoms with Gasteiger partial charge in [0.05, 0.1) is 0 Å². The summed E-state index contributed by atoms with van der Waals surface area (Å²) in [6, 6.07) is 66.7. The molecule has 9 aromatic rings. The zero-order valence-corrected chi connectivity index (χ0v) is 30.7. The maximum absolute atomic E-state index is 5.15. The summed E-state index contributed by atoms with van der Waals surface area (Å²) in [5.74, 6) is 1.96. The van der Waals surface area contributed by atoms with E-state index in [9.17, 15) is 0 Å². The fourth-order valence-electron chi connectivity index (χ4n) is 8.54. The van der Waals surface area contributed by atoms with E-state index in [0.29, 0.717) is 17.5 Å². The molecule has 0 amide bonds. The predicted molar refractivity (Wildman–Crippen MR) is 228 cm³/mol. The molecule has 10 rings (SSSR count). The fourth-order valence-corrected chi connectivity index (χ4v) is 8.54. The Labute approximate surface area is 321 Å². The summed E-state index contributed by atoms with van der Waals surface area (Å²) in [4.78, 5) is 15.3. The van der Waals surface area contributed by atoms with E-state index < -0.39 is 0 Å². The molecular formula is C52H37N3. The van der Waals surface area contributed by atoms with Crippen molar-refractivity contribution in [3.05, 3.63) is 199 Å². The summed E-state index contributed by atoms with van der Waals surface area (Å²) < 4.78 is 0. The lowest BCUT2D eigenvalue weighted by Gasteiger charge is -2.26. The molecule has 3 nitrogen and oxygen atoms in total. The van der Waals surface area contributed by atoms with Crippen LogP contribution in [0.15, 0.2) is 188 Å². The average Bonchev–Trinajstić information content (AvgIpc) is 3.50. The van der Waals surface area contributed by atoms with Crippen molar-refractivity contribution < 1.29 is 0 Å². The first-order valence-electron chi connectivity index (χ1n) is 18.9. The van der Waals surface area contributed by atoms with Crippen LogP contribution in [0, 0.1) is 0 Å². The van der Waals surface area contributed by atoms with Crippen molar-refractivity contribution in [3.63, 3.8) is 0 Å². The van der Waals surface area contributed by atoms with Crippen LogP contribution in [0.1, 0.15) is 25.0 Å². The standard InChI is InChI=1S/C52H37N3/c1-52(2)47-43(42-22-13-12-21-41(42)36-17-8-4-9-18-36)23-14-24-44(47)45-32-31-37-27-30-40(33-46(37)48(45)52)51-54-49(38-19-10-5-11-20-38)53-50(55-51)39-28-25-35(26-29-39)34-15-6-3-7-16-34/h3-33H,1-2H3. The van der Waals surface area contributed by atoms with Gasteiger partial charge in [-0.05, 0) is 72.5 Å². The highest BCUT2D eigenvalue weighted by atomic mass is 15.0. The third-order valence-electron chi connectivity index (χ3n) is 11.1. The van der Waals surface area contributed by atoms with Gasteiger partial charge in [-0.3, -0.25) is 0 Å². The number of fused-ring (bicyclic) bond motifs is 5. The Bertz CT molecular complexity index is 2860. The number of hydrogen-bond acceptors (Lipinski definition) is 3. The van der Waals surface area contributed by atoms with Crippen LogP contribution >= 0.6 is 0 Å². The zero-order valence-electron chi connectivity index (χ0n) is 30.7. The van der Waals surface area contributed by atoms with E-state index in [-0.39, 0.29) is 5.41 Å². The number of hydrogen-bond donors (Lipinski definition) is 0. The van der Waals surface area contributed by atoms with Gasteiger partial charge in [0.25, 0.3) is 0 Å². The van der Waals surface area contributed by atoms with Crippen molar-refractivity contribution in [1.29, 1.82) is 0 Å². The fraction of sp³-hybridized carbons (Fsp3) is 0.0577. The van der Waals surface area contributed by atoms with Gasteiger partial charge < -0.3 is 0 Å². The summed E-state index contributed by atoms with van der Waals surface area (Å²) >= 11 is 0. The lowest BCUT2D eigenvalue weighted by molar-refractivity contribution is 0.668. The molecule has 0 spiro atoms. The van der Waals surface area contributed by atoms with Gasteiger partial charge in [-0.25, -0.2) is 15.0 Å². The zero-order chi connectivity index (χ0) is 36.9. The third kappa shape index (κ3) is 5.64. The number of benzene rings is 8. The second-order valence-electron chi connectivity index (χ2n) is 14.8. The molecule has 1 aromatic heterocycles. The molecule has 260 valence electrons. The minimum Gasteiger partial charge on any atom is -0.208 e. The molecule has 1 aliphatic rings. The van der Waals surface area contributed by atoms with Crippen LogP contribution in [0.5, 0.6) is 0 Å². The van der Waals surface area contributed by atoms with Crippen LogP contribution in [0.2, 0.25) is 0 Å². The van der Waals surface area contributed by atoms with E-state index >= 15 is 0 Å². The molecule has 0 radical (unpaired) electrons. The molecule has 1 aliphatic carbocycles. The van der Waals surface area contributed by atoms with Gasteiger partial charge in [-0.2, -0.15) is 0 Å². The number of aromatic nitrogens is 3. The van der Waals surface area contributed by atoms with Crippen LogP contribution in [-0.4, -0.2) is 15.0 Å². The quantitative estimate of drug-likeness (QED) is 0.173. The van der Waals surface area contributed by atoms with E-state index in [1.807, 2.05) is 24.3 Å². The van der Waals surface area contributed by atoms with Crippen LogP contribution in [0.25, 0.3) is 89.4 Å². The van der Waals surface area contributed by atoms with Gasteiger partial charge in [0.2, 0.25) is 0 Å². The van der Waals surface area contributed by atoms with Crippen molar-refractivity contribution in [3.8, 4) is 78.7 Å². The van der Waals surface area contributed by atoms with Gasteiger partial charge in [-0.1, -0.05) is 196 Å². The van der Waals surface area contributed by atoms with Gasteiger partial charge in [-0.15, -0.1) is 0 Å². The summed E-state index contributed by atoms with van der Waals surface area (Å²) in [7, 11) is 0. The van der Waals surface area contributed by atoms with Gasteiger partial charge >= 0.3 is 0 Å². The van der Waals surface area contributed by atoms with E-state index in [1.54, 1.807) is 0 Å². The molecule has 1 heterocycles. The Kier molecular flexibility index (Phi) is 7.81. The van der Waals surface area contributed by atoms with E-state index in [1.165, 1.54) is 60.8 Å². The highest BCUT2D eigenvalue weighted by Crippen LogP contribution is 2.55. The van der Waals surface area contributed by atoms with Gasteiger partial charge in [0.1, 0.15) is 0 Å². The highest BCUT2D eigenvalue weighted by Gasteiger charge is 2.39. The molecule has 8 aromatic carbocycles. The average molecular weight is 704 g/mol. The molecule has 0 saturated carbocycles. The molecule has 0 N–H and O–H groups in total. The SMILES string of the molecule is CC1(C)c2c(-c3ccccc3-c3ccccc3)cccc2-c2ccc3ccc(-c4nc(-c5ccccc5)nc(-c5ccc(-c6ccccc6)cc5)n4)cc3c21. The Morgan fingerprint density at radius 3 is 1.38 bits per heavy atom. The van der Waals surface area contributed by atoms with Crippen LogP contribution in [0.3, 0.4) is 0 Å². The minimum absolute atomic E-state index is 0.275. The Hall–Kier alpha value is -6.97. The molecule has 0 saturated heterocycles. The Morgan fingerprint density at radius 2 is 0.727 bits per heavy atom. The molecule has 0 bridgehead atoms. The van der Waals surface area contributed by atoms with Crippen molar-refractivity contribution in [2.24, 2.45) is 0 Å². The second kappa shape index (κ2) is 13.2. The molecule has 0 fully saturated rings. The monoisotopic (exact) mass is 703 g/mol. The van der Waals surface area contributed by atoms with E-state index in [0.717, 1.165) is 22.3 Å². The van der Waals surface area contributed by atoms with Gasteiger partial charge in [0.15, 0.2) is 17.5 Å². The molecule has 0 aliphatic heterocycles. The topological polar surface area (TPSA) is 38.7 Å². The lowest BCUT2D eigenvalue weighted by Crippen LogP contribution is -2.17. The Morgan fingerprint density at radius 1 is 0.309 bits per heavy atom. The van der Waals surface area contributed by atoms with E-state index in [4.69, 9.17) is 15.0 Å². The summed E-state index contributed by atoms with van der Waals surface area (Å²) in [5.41, 5.74) is 15.2. The Balaban J connectivity index is 1.12. The molecule has 3 heteroatoms. The smallest absolute Gasteiger partial charge is 0.164 e. The van der Waals surface area contributed by atoms with Crippen molar-refractivity contribution >= 4 is 10.8 Å².